The zero-order chi connectivity index (χ0) is 16.4. The molecule has 0 saturated carbocycles. The summed E-state index contributed by atoms with van der Waals surface area (Å²) in [5.74, 6) is 0.309. The van der Waals surface area contributed by atoms with E-state index in [1.54, 1.807) is 0 Å². The van der Waals surface area contributed by atoms with E-state index in [4.69, 9.17) is 0 Å². The Balaban J connectivity index is 2.20. The number of ketones is 1. The van der Waals surface area contributed by atoms with Crippen LogP contribution in [0.15, 0.2) is 71.9 Å². The van der Waals surface area contributed by atoms with Gasteiger partial charge in [0.25, 0.3) is 0 Å². The summed E-state index contributed by atoms with van der Waals surface area (Å²) < 4.78 is 0. The van der Waals surface area contributed by atoms with Crippen LogP contribution in [0.4, 0.5) is 0 Å². The molecule has 0 bridgehead atoms. The number of rotatable bonds is 2. The predicted octanol–water partition coefficient (Wildman–Crippen LogP) is 5.48. The second-order valence-corrected chi connectivity index (χ2v) is 12.1. The van der Waals surface area contributed by atoms with E-state index in [0.29, 0.717) is 0 Å². The maximum atomic E-state index is 12.8. The third-order valence-electron chi connectivity index (χ3n) is 4.34. The van der Waals surface area contributed by atoms with Crippen LogP contribution >= 0.6 is 0 Å². The molecule has 0 amide bonds. The van der Waals surface area contributed by atoms with E-state index in [1.165, 1.54) is 10.8 Å². The van der Waals surface area contributed by atoms with Crippen molar-refractivity contribution < 1.29 is 4.79 Å². The minimum Gasteiger partial charge on any atom is -0.289 e. The quantitative estimate of drug-likeness (QED) is 0.670. The normalized spacial score (nSPS) is 21.6. The van der Waals surface area contributed by atoms with E-state index in [-0.39, 0.29) is 11.7 Å². The molecule has 0 N–H and O–H groups in total. The Morgan fingerprint density at radius 3 is 2.22 bits per heavy atom. The molecule has 1 nitrogen and oxygen atoms in total. The first-order valence-corrected chi connectivity index (χ1v) is 11.6. The van der Waals surface area contributed by atoms with Gasteiger partial charge >= 0.3 is 0 Å². The molecule has 23 heavy (non-hydrogen) atoms. The number of allylic oxidation sites excluding steroid dienone is 3. The van der Waals surface area contributed by atoms with Crippen LogP contribution in [0.25, 0.3) is 6.08 Å². The molecule has 116 valence electrons. The van der Waals surface area contributed by atoms with Crippen LogP contribution in [0.2, 0.25) is 19.6 Å². The lowest BCUT2D eigenvalue weighted by molar-refractivity contribution is 0.104. The van der Waals surface area contributed by atoms with Gasteiger partial charge in [0.05, 0.1) is 8.07 Å². The van der Waals surface area contributed by atoms with Gasteiger partial charge in [0, 0.05) is 11.5 Å². The molecular formula is C21H22OSi. The number of carbonyl (C=O) groups excluding carboxylic acids is 1. The second kappa shape index (κ2) is 6.13. The van der Waals surface area contributed by atoms with Crippen molar-refractivity contribution in [1.29, 1.82) is 0 Å². The summed E-state index contributed by atoms with van der Waals surface area (Å²) in [4.78, 5) is 12.8. The molecule has 1 aliphatic carbocycles. The Hall–Kier alpha value is -2.19. The highest BCUT2D eigenvalue weighted by Gasteiger charge is 2.29. The summed E-state index contributed by atoms with van der Waals surface area (Å²) in [7, 11) is -1.63. The standard InChI is InChI=1S/C21H22OSi/c1-23(2,3)21-15-20(22)18-12-8-7-11-17(18)13-14-19(21)16-9-5-4-6-10-16/h4-15,19H,1-3H3/b14-13-,21-15+. The molecular weight excluding hydrogens is 296 g/mol. The number of carbonyl (C=O) groups is 1. The first-order chi connectivity index (χ1) is 11.0. The summed E-state index contributed by atoms with van der Waals surface area (Å²) in [5, 5.41) is 1.29. The second-order valence-electron chi connectivity index (χ2n) is 7.05. The van der Waals surface area contributed by atoms with E-state index in [9.17, 15) is 4.79 Å². The highest BCUT2D eigenvalue weighted by molar-refractivity contribution is 6.83. The van der Waals surface area contributed by atoms with Gasteiger partial charge in [-0.1, -0.05) is 91.6 Å². The molecule has 0 aromatic heterocycles. The molecule has 1 atom stereocenters. The highest BCUT2D eigenvalue weighted by atomic mass is 28.3. The van der Waals surface area contributed by atoms with E-state index < -0.39 is 8.07 Å². The molecule has 0 heterocycles. The van der Waals surface area contributed by atoms with Crippen LogP contribution in [0.1, 0.15) is 27.4 Å². The fourth-order valence-corrected chi connectivity index (χ4v) is 4.87. The van der Waals surface area contributed by atoms with Gasteiger partial charge in [-0.3, -0.25) is 4.79 Å². The lowest BCUT2D eigenvalue weighted by Crippen LogP contribution is -2.29. The molecule has 2 aromatic carbocycles. The van der Waals surface area contributed by atoms with Crippen LogP contribution in [0.5, 0.6) is 0 Å². The van der Waals surface area contributed by atoms with Crippen LogP contribution in [-0.4, -0.2) is 13.9 Å². The van der Waals surface area contributed by atoms with Gasteiger partial charge in [-0.05, 0) is 17.2 Å². The molecule has 2 aromatic rings. The van der Waals surface area contributed by atoms with Gasteiger partial charge in [0.2, 0.25) is 0 Å². The maximum Gasteiger partial charge on any atom is 0.186 e. The first kappa shape index (κ1) is 15.7. The molecule has 0 radical (unpaired) electrons. The Labute approximate surface area is 139 Å². The zero-order valence-corrected chi connectivity index (χ0v) is 14.9. The summed E-state index contributed by atoms with van der Waals surface area (Å²) in [5.41, 5.74) is 3.06. The highest BCUT2D eigenvalue weighted by Crippen LogP contribution is 2.35. The molecule has 0 fully saturated rings. The van der Waals surface area contributed by atoms with Crippen molar-refractivity contribution in [3.63, 3.8) is 0 Å². The molecule has 2 heteroatoms. The Morgan fingerprint density at radius 2 is 1.52 bits per heavy atom. The van der Waals surface area contributed by atoms with E-state index in [0.717, 1.165) is 11.1 Å². The third-order valence-corrected chi connectivity index (χ3v) is 6.53. The largest absolute Gasteiger partial charge is 0.289 e. The van der Waals surface area contributed by atoms with Crippen molar-refractivity contribution in [1.82, 2.24) is 0 Å². The van der Waals surface area contributed by atoms with E-state index >= 15 is 0 Å². The summed E-state index contributed by atoms with van der Waals surface area (Å²) in [6.07, 6.45) is 6.27. The van der Waals surface area contributed by atoms with Crippen LogP contribution in [0, 0.1) is 0 Å². The van der Waals surface area contributed by atoms with Crippen molar-refractivity contribution in [3.05, 3.63) is 88.6 Å². The van der Waals surface area contributed by atoms with Crippen molar-refractivity contribution in [2.45, 2.75) is 25.6 Å². The topological polar surface area (TPSA) is 17.1 Å². The van der Waals surface area contributed by atoms with Gasteiger partial charge in [0.15, 0.2) is 5.78 Å². The number of hydrogen-bond acceptors (Lipinski definition) is 1. The minimum atomic E-state index is -1.63. The smallest absolute Gasteiger partial charge is 0.186 e. The average molecular weight is 318 g/mol. The van der Waals surface area contributed by atoms with Crippen molar-refractivity contribution >= 4 is 19.9 Å². The van der Waals surface area contributed by atoms with Gasteiger partial charge in [-0.15, -0.1) is 0 Å². The van der Waals surface area contributed by atoms with Gasteiger partial charge in [-0.25, -0.2) is 0 Å². The van der Waals surface area contributed by atoms with Crippen LogP contribution < -0.4 is 0 Å². The van der Waals surface area contributed by atoms with Gasteiger partial charge < -0.3 is 0 Å². The third kappa shape index (κ3) is 3.27. The molecule has 1 unspecified atom stereocenters. The first-order valence-electron chi connectivity index (χ1n) is 8.05. The summed E-state index contributed by atoms with van der Waals surface area (Å²) in [6, 6.07) is 18.3. The van der Waals surface area contributed by atoms with Crippen molar-refractivity contribution in [2.24, 2.45) is 0 Å². The predicted molar refractivity (Wildman–Crippen MR) is 100 cm³/mol. The number of fused-ring (bicyclic) bond motifs is 1. The lowest BCUT2D eigenvalue weighted by atomic mass is 9.92. The Bertz CT molecular complexity index is 779. The average Bonchev–Trinajstić information content (AvgIpc) is 2.52. The zero-order valence-electron chi connectivity index (χ0n) is 13.9. The molecule has 0 spiro atoms. The molecule has 0 saturated heterocycles. The van der Waals surface area contributed by atoms with E-state index in [2.05, 4.69) is 56.1 Å². The molecule has 1 aliphatic rings. The van der Waals surface area contributed by atoms with Crippen LogP contribution in [0.3, 0.4) is 0 Å². The Kier molecular flexibility index (Phi) is 4.18. The van der Waals surface area contributed by atoms with E-state index in [1.807, 2.05) is 36.4 Å². The van der Waals surface area contributed by atoms with Crippen LogP contribution in [-0.2, 0) is 0 Å². The number of hydrogen-bond donors (Lipinski definition) is 0. The Morgan fingerprint density at radius 1 is 0.870 bits per heavy atom. The van der Waals surface area contributed by atoms with Gasteiger partial charge in [0.1, 0.15) is 0 Å². The SMILES string of the molecule is C[Si](C)(C)/C1=C/C(=O)c2ccccc2/C=C\C1c1ccccc1. The molecule has 0 aliphatic heterocycles. The minimum absolute atomic E-state index is 0.128. The monoisotopic (exact) mass is 318 g/mol. The fourth-order valence-electron chi connectivity index (χ4n) is 3.11. The lowest BCUT2D eigenvalue weighted by Gasteiger charge is -2.29. The maximum absolute atomic E-state index is 12.8. The molecule has 3 rings (SSSR count). The van der Waals surface area contributed by atoms with Crippen molar-refractivity contribution in [2.75, 3.05) is 0 Å². The number of benzene rings is 2. The fraction of sp³-hybridized carbons (Fsp3) is 0.190. The summed E-state index contributed by atoms with van der Waals surface area (Å²) in [6.45, 7) is 6.93. The van der Waals surface area contributed by atoms with Gasteiger partial charge in [-0.2, -0.15) is 0 Å². The summed E-state index contributed by atoms with van der Waals surface area (Å²) >= 11 is 0. The van der Waals surface area contributed by atoms with Crippen molar-refractivity contribution in [3.8, 4) is 0 Å².